The van der Waals surface area contributed by atoms with Crippen molar-refractivity contribution in [3.63, 3.8) is 0 Å². The van der Waals surface area contributed by atoms with Crippen molar-refractivity contribution in [2.45, 2.75) is 37.5 Å². The molecule has 2 amide bonds. The molecule has 6 heteroatoms. The normalized spacial score (nSPS) is 14.4. The SMILES string of the molecule is CC(C)(C)c1ccc(SCC(=O)Nc2ccc(CC(=O)N3CCSCC3)cc2)cc1. The number of carbonyl (C=O) groups is 2. The molecule has 1 N–H and O–H groups in total. The standard InChI is InChI=1S/C24H30N2O2S2/c1-24(2,3)19-6-10-21(11-7-19)30-17-22(27)25-20-8-4-18(5-9-20)16-23(28)26-12-14-29-15-13-26/h4-11H,12-17H2,1-3H3,(H,25,27). The summed E-state index contributed by atoms with van der Waals surface area (Å²) in [6.07, 6.45) is 0.416. The summed E-state index contributed by atoms with van der Waals surface area (Å²) in [6.45, 7) is 8.26. The average Bonchev–Trinajstić information content (AvgIpc) is 2.74. The van der Waals surface area contributed by atoms with Crippen LogP contribution in [-0.2, 0) is 21.4 Å². The van der Waals surface area contributed by atoms with Crippen molar-refractivity contribution < 1.29 is 9.59 Å². The van der Waals surface area contributed by atoms with Gasteiger partial charge in [0.1, 0.15) is 0 Å². The predicted octanol–water partition coefficient (Wildman–Crippen LogP) is 4.83. The van der Waals surface area contributed by atoms with Crippen LogP contribution in [0.5, 0.6) is 0 Å². The molecule has 0 radical (unpaired) electrons. The molecule has 1 fully saturated rings. The van der Waals surface area contributed by atoms with Crippen LogP contribution in [0.4, 0.5) is 5.69 Å². The third-order valence-corrected chi connectivity index (χ3v) is 7.00. The third kappa shape index (κ3) is 6.81. The number of nitrogens with zero attached hydrogens (tertiary/aromatic N) is 1. The Morgan fingerprint density at radius 2 is 1.63 bits per heavy atom. The number of benzene rings is 2. The summed E-state index contributed by atoms with van der Waals surface area (Å²) in [5.74, 6) is 2.56. The van der Waals surface area contributed by atoms with Crippen LogP contribution < -0.4 is 5.32 Å². The van der Waals surface area contributed by atoms with E-state index >= 15 is 0 Å². The zero-order chi connectivity index (χ0) is 21.6. The van der Waals surface area contributed by atoms with E-state index in [0.717, 1.165) is 40.7 Å². The average molecular weight is 443 g/mol. The van der Waals surface area contributed by atoms with Crippen LogP contribution in [0.1, 0.15) is 31.9 Å². The number of anilines is 1. The molecule has 1 saturated heterocycles. The first-order valence-corrected chi connectivity index (χ1v) is 12.4. The number of carbonyl (C=O) groups excluding carboxylic acids is 2. The molecule has 1 aliphatic rings. The van der Waals surface area contributed by atoms with Gasteiger partial charge >= 0.3 is 0 Å². The second-order valence-corrected chi connectivity index (χ2v) is 10.8. The molecule has 0 unspecified atom stereocenters. The maximum atomic E-state index is 12.4. The first-order chi connectivity index (χ1) is 14.3. The monoisotopic (exact) mass is 442 g/mol. The van der Waals surface area contributed by atoms with Crippen LogP contribution >= 0.6 is 23.5 Å². The van der Waals surface area contributed by atoms with Gasteiger partial charge in [-0.1, -0.05) is 45.0 Å². The van der Waals surface area contributed by atoms with E-state index in [4.69, 9.17) is 0 Å². The summed E-state index contributed by atoms with van der Waals surface area (Å²) in [5, 5.41) is 2.93. The first kappa shape index (κ1) is 22.8. The molecule has 0 spiro atoms. The maximum Gasteiger partial charge on any atom is 0.234 e. The van der Waals surface area contributed by atoms with Crippen molar-refractivity contribution in [1.29, 1.82) is 0 Å². The molecular formula is C24H30N2O2S2. The van der Waals surface area contributed by atoms with Gasteiger partial charge in [-0.3, -0.25) is 9.59 Å². The van der Waals surface area contributed by atoms with Crippen molar-refractivity contribution in [2.24, 2.45) is 0 Å². The Bertz CT molecular complexity index is 852. The van der Waals surface area contributed by atoms with E-state index in [9.17, 15) is 9.59 Å². The Morgan fingerprint density at radius 1 is 1.00 bits per heavy atom. The zero-order valence-corrected chi connectivity index (χ0v) is 19.6. The molecule has 1 heterocycles. The molecule has 2 aromatic rings. The Hall–Kier alpha value is -1.92. The lowest BCUT2D eigenvalue weighted by atomic mass is 9.87. The highest BCUT2D eigenvalue weighted by Gasteiger charge is 2.17. The number of hydrogen-bond donors (Lipinski definition) is 1. The molecule has 0 aromatic heterocycles. The van der Waals surface area contributed by atoms with Crippen LogP contribution in [-0.4, -0.2) is 47.1 Å². The lowest BCUT2D eigenvalue weighted by Crippen LogP contribution is -2.38. The fourth-order valence-electron chi connectivity index (χ4n) is 3.20. The molecule has 3 rings (SSSR count). The van der Waals surface area contributed by atoms with Gasteiger partial charge in [0.05, 0.1) is 12.2 Å². The zero-order valence-electron chi connectivity index (χ0n) is 17.9. The Balaban J connectivity index is 1.45. The van der Waals surface area contributed by atoms with Gasteiger partial charge in [0.15, 0.2) is 0 Å². The molecule has 2 aromatic carbocycles. The molecule has 4 nitrogen and oxygen atoms in total. The number of thioether (sulfide) groups is 2. The van der Waals surface area contributed by atoms with Gasteiger partial charge in [-0.05, 0) is 40.8 Å². The van der Waals surface area contributed by atoms with Gasteiger partial charge in [0.2, 0.25) is 11.8 Å². The minimum absolute atomic E-state index is 0.0328. The topological polar surface area (TPSA) is 49.4 Å². The third-order valence-electron chi connectivity index (χ3n) is 5.05. The fourth-order valence-corrected chi connectivity index (χ4v) is 4.80. The Labute approximate surface area is 188 Å². The van der Waals surface area contributed by atoms with Gasteiger partial charge in [-0.25, -0.2) is 0 Å². The van der Waals surface area contributed by atoms with Crippen LogP contribution in [0.2, 0.25) is 0 Å². The number of nitrogens with one attached hydrogen (secondary N) is 1. The van der Waals surface area contributed by atoms with Gasteiger partial charge in [0.25, 0.3) is 0 Å². The molecule has 0 atom stereocenters. The van der Waals surface area contributed by atoms with Gasteiger partial charge < -0.3 is 10.2 Å². The fraction of sp³-hybridized carbons (Fsp3) is 0.417. The quantitative estimate of drug-likeness (QED) is 0.651. The summed E-state index contributed by atoms with van der Waals surface area (Å²) in [5.41, 5.74) is 3.15. The highest BCUT2D eigenvalue weighted by Crippen LogP contribution is 2.25. The molecular weight excluding hydrogens is 412 g/mol. The molecule has 0 aliphatic carbocycles. The van der Waals surface area contributed by atoms with E-state index in [2.05, 4.69) is 50.4 Å². The van der Waals surface area contributed by atoms with E-state index in [1.165, 1.54) is 17.3 Å². The van der Waals surface area contributed by atoms with Gasteiger partial charge in [-0.15, -0.1) is 11.8 Å². The van der Waals surface area contributed by atoms with E-state index in [1.54, 1.807) is 0 Å². The number of hydrogen-bond acceptors (Lipinski definition) is 4. The summed E-state index contributed by atoms with van der Waals surface area (Å²) in [4.78, 5) is 27.7. The molecule has 1 aliphatic heterocycles. The smallest absolute Gasteiger partial charge is 0.234 e. The highest BCUT2D eigenvalue weighted by atomic mass is 32.2. The first-order valence-electron chi connectivity index (χ1n) is 10.3. The summed E-state index contributed by atoms with van der Waals surface area (Å²) in [6, 6.07) is 16.0. The van der Waals surface area contributed by atoms with Crippen molar-refractivity contribution in [1.82, 2.24) is 4.90 Å². The minimum Gasteiger partial charge on any atom is -0.341 e. The van der Waals surface area contributed by atoms with Crippen molar-refractivity contribution in [3.8, 4) is 0 Å². The predicted molar refractivity (Wildman–Crippen MR) is 129 cm³/mol. The lowest BCUT2D eigenvalue weighted by Gasteiger charge is -2.26. The van der Waals surface area contributed by atoms with Crippen LogP contribution in [0.3, 0.4) is 0 Å². The van der Waals surface area contributed by atoms with E-state index < -0.39 is 0 Å². The minimum atomic E-state index is -0.0328. The summed E-state index contributed by atoms with van der Waals surface area (Å²) < 4.78 is 0. The number of rotatable bonds is 6. The molecule has 0 bridgehead atoms. The second-order valence-electron chi connectivity index (χ2n) is 8.48. The van der Waals surface area contributed by atoms with Crippen LogP contribution in [0.15, 0.2) is 53.4 Å². The maximum absolute atomic E-state index is 12.4. The molecule has 160 valence electrons. The summed E-state index contributed by atoms with van der Waals surface area (Å²) in [7, 11) is 0. The van der Waals surface area contributed by atoms with Crippen LogP contribution in [0, 0.1) is 0 Å². The van der Waals surface area contributed by atoms with E-state index in [0.29, 0.717) is 12.2 Å². The van der Waals surface area contributed by atoms with E-state index in [-0.39, 0.29) is 17.2 Å². The van der Waals surface area contributed by atoms with Crippen molar-refractivity contribution in [2.75, 3.05) is 35.7 Å². The number of amides is 2. The molecule has 0 saturated carbocycles. The largest absolute Gasteiger partial charge is 0.341 e. The molecule has 30 heavy (non-hydrogen) atoms. The summed E-state index contributed by atoms with van der Waals surface area (Å²) >= 11 is 3.43. The van der Waals surface area contributed by atoms with E-state index in [1.807, 2.05) is 40.9 Å². The van der Waals surface area contributed by atoms with Crippen molar-refractivity contribution >= 4 is 41.0 Å². The van der Waals surface area contributed by atoms with Crippen molar-refractivity contribution in [3.05, 3.63) is 59.7 Å². The second kappa shape index (κ2) is 10.4. The lowest BCUT2D eigenvalue weighted by molar-refractivity contribution is -0.130. The van der Waals surface area contributed by atoms with Crippen LogP contribution in [0.25, 0.3) is 0 Å². The Kier molecular flexibility index (Phi) is 7.89. The van der Waals surface area contributed by atoms with Gasteiger partial charge in [-0.2, -0.15) is 11.8 Å². The van der Waals surface area contributed by atoms with Gasteiger partial charge in [0, 0.05) is 35.2 Å². The Morgan fingerprint density at radius 3 is 2.23 bits per heavy atom. The highest BCUT2D eigenvalue weighted by molar-refractivity contribution is 8.00.